The number of ether oxygens (including phenoxy) is 1. The number of anilines is 1. The topological polar surface area (TPSA) is 49.4 Å². The molecule has 2 aliphatic rings. The largest absolute Gasteiger partial charge is 0.474 e. The molecule has 4 rings (SSSR count). The van der Waals surface area contributed by atoms with Crippen molar-refractivity contribution in [3.05, 3.63) is 53.7 Å². The fourth-order valence-corrected chi connectivity index (χ4v) is 6.40. The summed E-state index contributed by atoms with van der Waals surface area (Å²) >= 11 is 0. The van der Waals surface area contributed by atoms with Crippen LogP contribution in [-0.4, -0.2) is 47.3 Å². The van der Waals surface area contributed by atoms with E-state index in [9.17, 15) is 0 Å². The molecule has 1 aliphatic heterocycles. The molecule has 41 heavy (non-hydrogen) atoms. The van der Waals surface area contributed by atoms with E-state index in [4.69, 9.17) is 4.74 Å². The van der Waals surface area contributed by atoms with Gasteiger partial charge in [0.2, 0.25) is 5.88 Å². The Labute approximate surface area is 251 Å². The van der Waals surface area contributed by atoms with Gasteiger partial charge in [0.15, 0.2) is 0 Å². The van der Waals surface area contributed by atoms with E-state index in [2.05, 4.69) is 126 Å². The third kappa shape index (κ3) is 9.71. The summed E-state index contributed by atoms with van der Waals surface area (Å²) in [5, 5.41) is 7.68. The summed E-state index contributed by atoms with van der Waals surface area (Å²) in [5.74, 6) is 0.768. The van der Waals surface area contributed by atoms with Crippen LogP contribution in [0.1, 0.15) is 112 Å². The maximum absolute atomic E-state index is 6.27. The Morgan fingerprint density at radius 3 is 2.17 bits per heavy atom. The van der Waals surface area contributed by atoms with E-state index in [1.807, 2.05) is 6.20 Å². The first kappa shape index (κ1) is 31.8. The zero-order valence-corrected chi connectivity index (χ0v) is 27.7. The number of nitrogens with zero attached hydrogens (tertiary/aromatic N) is 2. The van der Waals surface area contributed by atoms with Crippen LogP contribution >= 0.6 is 0 Å². The van der Waals surface area contributed by atoms with E-state index in [-0.39, 0.29) is 22.6 Å². The molecule has 1 unspecified atom stereocenters. The van der Waals surface area contributed by atoms with Gasteiger partial charge in [-0.1, -0.05) is 46.8 Å². The molecule has 5 nitrogen and oxygen atoms in total. The minimum atomic E-state index is 0.0481. The van der Waals surface area contributed by atoms with Crippen molar-refractivity contribution in [2.45, 2.75) is 142 Å². The van der Waals surface area contributed by atoms with Crippen LogP contribution in [0.5, 0.6) is 5.88 Å². The van der Waals surface area contributed by atoms with Gasteiger partial charge in [-0.15, -0.1) is 0 Å². The predicted octanol–water partition coefficient (Wildman–Crippen LogP) is 7.67. The second kappa shape index (κ2) is 12.2. The highest BCUT2D eigenvalue weighted by Gasteiger charge is 2.34. The standard InChI is InChI=1S/C36H58N4O/c1-33(2,3)24-26-11-13-30(14-12-26)40-20-16-28(25-40)39-36(9,10)18-17-35(7,8)27-15-19-37-32(21-27)41-31-22-29(23-31)38-34(4,5)6/h11-15,19,21,28-29,31,38-39H,16-18,20,22-25H2,1-10H3/t28?,29-,31-. The van der Waals surface area contributed by atoms with Crippen LogP contribution < -0.4 is 20.3 Å². The third-order valence-corrected chi connectivity index (χ3v) is 8.73. The summed E-state index contributed by atoms with van der Waals surface area (Å²) < 4.78 is 6.27. The Kier molecular flexibility index (Phi) is 9.50. The van der Waals surface area contributed by atoms with Crippen LogP contribution in [0.3, 0.4) is 0 Å². The van der Waals surface area contributed by atoms with E-state index in [1.54, 1.807) is 0 Å². The van der Waals surface area contributed by atoms with Gasteiger partial charge in [0.25, 0.3) is 0 Å². The molecule has 1 saturated heterocycles. The van der Waals surface area contributed by atoms with Gasteiger partial charge in [0.1, 0.15) is 6.10 Å². The highest BCUT2D eigenvalue weighted by molar-refractivity contribution is 5.49. The highest BCUT2D eigenvalue weighted by atomic mass is 16.5. The normalized spacial score (nSPS) is 22.1. The second-order valence-corrected chi connectivity index (χ2v) is 16.4. The van der Waals surface area contributed by atoms with Gasteiger partial charge in [-0.2, -0.15) is 0 Å². The molecule has 1 aromatic heterocycles. The molecular weight excluding hydrogens is 504 g/mol. The van der Waals surface area contributed by atoms with Crippen molar-refractivity contribution in [3.8, 4) is 5.88 Å². The lowest BCUT2D eigenvalue weighted by Crippen LogP contribution is -2.53. The molecule has 1 aliphatic carbocycles. The van der Waals surface area contributed by atoms with E-state index in [0.29, 0.717) is 17.5 Å². The molecule has 0 spiro atoms. The molecule has 2 fully saturated rings. The van der Waals surface area contributed by atoms with E-state index >= 15 is 0 Å². The third-order valence-electron chi connectivity index (χ3n) is 8.73. The molecule has 1 aromatic carbocycles. The fourth-order valence-electron chi connectivity index (χ4n) is 6.40. The molecule has 2 aromatic rings. The Bertz CT molecular complexity index is 1120. The van der Waals surface area contributed by atoms with Crippen molar-refractivity contribution in [1.82, 2.24) is 15.6 Å². The quantitative estimate of drug-likeness (QED) is 0.294. The van der Waals surface area contributed by atoms with Gasteiger partial charge >= 0.3 is 0 Å². The van der Waals surface area contributed by atoms with Crippen molar-refractivity contribution >= 4 is 5.69 Å². The molecule has 0 radical (unpaired) electrons. The van der Waals surface area contributed by atoms with Crippen molar-refractivity contribution in [2.24, 2.45) is 5.41 Å². The summed E-state index contributed by atoms with van der Waals surface area (Å²) in [6.45, 7) is 25.2. The second-order valence-electron chi connectivity index (χ2n) is 16.4. The number of nitrogens with one attached hydrogen (secondary N) is 2. The molecule has 1 saturated carbocycles. The van der Waals surface area contributed by atoms with Gasteiger partial charge in [-0.3, -0.25) is 0 Å². The molecular formula is C36H58N4O. The lowest BCUT2D eigenvalue weighted by Gasteiger charge is -2.40. The number of hydrogen-bond donors (Lipinski definition) is 2. The lowest BCUT2D eigenvalue weighted by atomic mass is 9.78. The average molecular weight is 563 g/mol. The maximum Gasteiger partial charge on any atom is 0.213 e. The van der Waals surface area contributed by atoms with Crippen LogP contribution in [0.15, 0.2) is 42.6 Å². The minimum Gasteiger partial charge on any atom is -0.474 e. The van der Waals surface area contributed by atoms with E-state index in [0.717, 1.165) is 51.1 Å². The van der Waals surface area contributed by atoms with Crippen LogP contribution in [0.2, 0.25) is 0 Å². The first-order chi connectivity index (χ1) is 19.0. The monoisotopic (exact) mass is 562 g/mol. The highest BCUT2D eigenvalue weighted by Crippen LogP contribution is 2.34. The Morgan fingerprint density at radius 2 is 1.54 bits per heavy atom. The maximum atomic E-state index is 6.27. The first-order valence-electron chi connectivity index (χ1n) is 16.0. The molecule has 0 amide bonds. The summed E-state index contributed by atoms with van der Waals surface area (Å²) in [7, 11) is 0. The van der Waals surface area contributed by atoms with Gasteiger partial charge in [0.05, 0.1) is 0 Å². The summed E-state index contributed by atoms with van der Waals surface area (Å²) in [5.41, 5.74) is 4.68. The molecule has 5 heteroatoms. The number of benzene rings is 1. The number of rotatable bonds is 11. The molecule has 1 atom stereocenters. The minimum absolute atomic E-state index is 0.0481. The number of hydrogen-bond acceptors (Lipinski definition) is 5. The Hall–Kier alpha value is -2.11. The molecule has 2 N–H and O–H groups in total. The lowest BCUT2D eigenvalue weighted by molar-refractivity contribution is 0.0692. The van der Waals surface area contributed by atoms with Gasteiger partial charge in [0, 0.05) is 54.2 Å². The van der Waals surface area contributed by atoms with Crippen molar-refractivity contribution < 1.29 is 4.74 Å². The molecule has 2 heterocycles. The summed E-state index contributed by atoms with van der Waals surface area (Å²) in [4.78, 5) is 7.09. The van der Waals surface area contributed by atoms with E-state index in [1.165, 1.54) is 23.2 Å². The Balaban J connectivity index is 1.25. The zero-order chi connectivity index (χ0) is 30.1. The van der Waals surface area contributed by atoms with E-state index < -0.39 is 0 Å². The zero-order valence-electron chi connectivity index (χ0n) is 27.7. The van der Waals surface area contributed by atoms with Crippen molar-refractivity contribution in [1.29, 1.82) is 0 Å². The van der Waals surface area contributed by atoms with Crippen LogP contribution in [0.4, 0.5) is 5.69 Å². The number of aromatic nitrogens is 1. The van der Waals surface area contributed by atoms with Crippen LogP contribution in [0, 0.1) is 5.41 Å². The fraction of sp³-hybridized carbons (Fsp3) is 0.694. The number of pyridine rings is 1. The van der Waals surface area contributed by atoms with Crippen LogP contribution in [0.25, 0.3) is 0 Å². The summed E-state index contributed by atoms with van der Waals surface area (Å²) in [6, 6.07) is 14.7. The van der Waals surface area contributed by atoms with Crippen LogP contribution in [-0.2, 0) is 11.8 Å². The Morgan fingerprint density at radius 1 is 0.854 bits per heavy atom. The smallest absolute Gasteiger partial charge is 0.213 e. The molecule has 0 bridgehead atoms. The van der Waals surface area contributed by atoms with Gasteiger partial charge in [-0.05, 0) is 113 Å². The summed E-state index contributed by atoms with van der Waals surface area (Å²) in [6.07, 6.45) is 8.79. The predicted molar refractivity (Wildman–Crippen MR) is 174 cm³/mol. The SMILES string of the molecule is CC(C)(C)Cc1ccc(N2CCC(NC(C)(C)CCC(C)(C)c3ccnc(O[C@H]4C[C@H](NC(C)(C)C)C4)c3)C2)cc1. The average Bonchev–Trinajstić information content (AvgIpc) is 3.28. The first-order valence-corrected chi connectivity index (χ1v) is 16.0. The van der Waals surface area contributed by atoms with Gasteiger partial charge in [-0.25, -0.2) is 4.98 Å². The van der Waals surface area contributed by atoms with Crippen molar-refractivity contribution in [3.63, 3.8) is 0 Å². The molecule has 228 valence electrons. The van der Waals surface area contributed by atoms with Crippen molar-refractivity contribution in [2.75, 3.05) is 18.0 Å². The van der Waals surface area contributed by atoms with Gasteiger partial charge < -0.3 is 20.3 Å².